The second-order valence-electron chi connectivity index (χ2n) is 5.24. The number of hydrogen-bond acceptors (Lipinski definition) is 4. The summed E-state index contributed by atoms with van der Waals surface area (Å²) >= 11 is 0. The molecule has 0 saturated carbocycles. The number of ether oxygens (including phenoxy) is 3. The number of nitrogens with one attached hydrogen (secondary N) is 1. The fraction of sp³-hybridized carbons (Fsp3) is 0.438. The third-order valence-corrected chi connectivity index (χ3v) is 3.46. The molecule has 0 spiro atoms. The summed E-state index contributed by atoms with van der Waals surface area (Å²) < 4.78 is 16.6. The minimum Gasteiger partial charge on any atom is -0.490 e. The molecular weight excluding hydrogens is 282 g/mol. The molecule has 0 fully saturated rings. The van der Waals surface area contributed by atoms with E-state index in [1.165, 1.54) is 0 Å². The Labute approximate surface area is 130 Å². The van der Waals surface area contributed by atoms with Crippen LogP contribution in [0.25, 0.3) is 0 Å². The van der Waals surface area contributed by atoms with E-state index in [1.54, 1.807) is 0 Å². The van der Waals surface area contributed by atoms with Crippen molar-refractivity contribution < 1.29 is 14.2 Å². The van der Waals surface area contributed by atoms with Gasteiger partial charge in [0.2, 0.25) is 0 Å². The summed E-state index contributed by atoms with van der Waals surface area (Å²) in [5.74, 6) is 1.88. The standard InChI is InChI=1S/C16H21N3O3/c17-16(18-10-12-3-1-6-20-11-12)19-13-4-5-14-15(9-13)22-8-2-7-21-14/h3-5,9H,1-2,6-8,10-11H2,(H3,17,18,19). The molecule has 0 aromatic heterocycles. The topological polar surface area (TPSA) is 78.1 Å². The molecule has 2 aliphatic heterocycles. The van der Waals surface area contributed by atoms with Crippen LogP contribution in [-0.2, 0) is 4.74 Å². The zero-order valence-corrected chi connectivity index (χ0v) is 12.5. The van der Waals surface area contributed by atoms with Crippen molar-refractivity contribution >= 4 is 11.6 Å². The van der Waals surface area contributed by atoms with Crippen molar-refractivity contribution in [3.8, 4) is 11.5 Å². The van der Waals surface area contributed by atoms with Gasteiger partial charge in [0.1, 0.15) is 0 Å². The largest absolute Gasteiger partial charge is 0.490 e. The van der Waals surface area contributed by atoms with Crippen molar-refractivity contribution in [2.24, 2.45) is 10.7 Å². The van der Waals surface area contributed by atoms with Crippen LogP contribution in [0.4, 0.5) is 5.69 Å². The number of anilines is 1. The fourth-order valence-corrected chi connectivity index (χ4v) is 2.33. The number of nitrogens with two attached hydrogens (primary N) is 1. The summed E-state index contributed by atoms with van der Waals surface area (Å²) in [6.45, 7) is 3.33. The van der Waals surface area contributed by atoms with E-state index in [9.17, 15) is 0 Å². The molecule has 0 radical (unpaired) electrons. The average Bonchev–Trinajstić information content (AvgIpc) is 2.79. The van der Waals surface area contributed by atoms with Crippen molar-refractivity contribution in [2.75, 3.05) is 38.3 Å². The second kappa shape index (κ2) is 7.17. The van der Waals surface area contributed by atoms with Crippen molar-refractivity contribution in [2.45, 2.75) is 12.8 Å². The first-order valence-corrected chi connectivity index (χ1v) is 7.53. The molecule has 0 bridgehead atoms. The normalized spacial score (nSPS) is 18.4. The first-order chi connectivity index (χ1) is 10.8. The SMILES string of the molecule is NC(=NCC1=CCCOC1)Nc1ccc2c(c1)OCCCO2. The lowest BCUT2D eigenvalue weighted by Crippen LogP contribution is -2.23. The van der Waals surface area contributed by atoms with Crippen LogP contribution in [0.3, 0.4) is 0 Å². The van der Waals surface area contributed by atoms with Gasteiger partial charge < -0.3 is 25.3 Å². The number of fused-ring (bicyclic) bond motifs is 1. The first-order valence-electron chi connectivity index (χ1n) is 7.53. The van der Waals surface area contributed by atoms with Crippen LogP contribution in [0.2, 0.25) is 0 Å². The van der Waals surface area contributed by atoms with E-state index < -0.39 is 0 Å². The molecule has 0 aliphatic carbocycles. The van der Waals surface area contributed by atoms with Crippen LogP contribution >= 0.6 is 0 Å². The number of aliphatic imine (C=N–C) groups is 1. The summed E-state index contributed by atoms with van der Waals surface area (Å²) in [7, 11) is 0. The highest BCUT2D eigenvalue weighted by Gasteiger charge is 2.11. The molecule has 0 amide bonds. The predicted octanol–water partition coefficient (Wildman–Crippen LogP) is 1.92. The molecule has 118 valence electrons. The Hall–Kier alpha value is -2.21. The third kappa shape index (κ3) is 3.92. The fourth-order valence-electron chi connectivity index (χ4n) is 2.33. The van der Waals surface area contributed by atoms with Crippen LogP contribution in [0.15, 0.2) is 34.8 Å². The Morgan fingerprint density at radius 1 is 1.18 bits per heavy atom. The molecule has 2 aliphatic rings. The van der Waals surface area contributed by atoms with Gasteiger partial charge in [-0.3, -0.25) is 0 Å². The number of guanidine groups is 1. The van der Waals surface area contributed by atoms with Crippen LogP contribution in [0.5, 0.6) is 11.5 Å². The third-order valence-electron chi connectivity index (χ3n) is 3.46. The minimum absolute atomic E-state index is 0.376. The monoisotopic (exact) mass is 303 g/mol. The van der Waals surface area contributed by atoms with Crippen molar-refractivity contribution in [1.29, 1.82) is 0 Å². The van der Waals surface area contributed by atoms with Gasteiger partial charge in [0, 0.05) is 18.2 Å². The van der Waals surface area contributed by atoms with Crippen LogP contribution in [0.1, 0.15) is 12.8 Å². The van der Waals surface area contributed by atoms with Gasteiger partial charge in [-0.15, -0.1) is 0 Å². The van der Waals surface area contributed by atoms with Gasteiger partial charge in [-0.05, 0) is 24.1 Å². The molecule has 3 N–H and O–H groups in total. The molecule has 2 heterocycles. The lowest BCUT2D eigenvalue weighted by molar-refractivity contribution is 0.150. The Morgan fingerprint density at radius 2 is 2.05 bits per heavy atom. The van der Waals surface area contributed by atoms with Gasteiger partial charge in [-0.25, -0.2) is 4.99 Å². The van der Waals surface area contributed by atoms with E-state index in [1.807, 2.05) is 18.2 Å². The van der Waals surface area contributed by atoms with Gasteiger partial charge in [0.15, 0.2) is 17.5 Å². The lowest BCUT2D eigenvalue weighted by atomic mass is 10.2. The van der Waals surface area contributed by atoms with Crippen molar-refractivity contribution in [3.05, 3.63) is 29.8 Å². The molecule has 1 aromatic carbocycles. The van der Waals surface area contributed by atoms with Gasteiger partial charge >= 0.3 is 0 Å². The Bertz CT molecular complexity index is 584. The molecule has 22 heavy (non-hydrogen) atoms. The number of rotatable bonds is 3. The maximum atomic E-state index is 5.93. The van der Waals surface area contributed by atoms with Crippen molar-refractivity contribution in [1.82, 2.24) is 0 Å². The molecule has 6 heteroatoms. The summed E-state index contributed by atoms with van der Waals surface area (Å²) in [5.41, 5.74) is 7.92. The van der Waals surface area contributed by atoms with Crippen molar-refractivity contribution in [3.63, 3.8) is 0 Å². The summed E-state index contributed by atoms with van der Waals surface area (Å²) in [6.07, 6.45) is 3.99. The summed E-state index contributed by atoms with van der Waals surface area (Å²) in [4.78, 5) is 4.34. The van der Waals surface area contributed by atoms with Crippen LogP contribution in [0, 0.1) is 0 Å². The zero-order valence-electron chi connectivity index (χ0n) is 12.5. The van der Waals surface area contributed by atoms with E-state index in [2.05, 4.69) is 16.4 Å². The number of benzene rings is 1. The average molecular weight is 303 g/mol. The molecule has 3 rings (SSSR count). The zero-order chi connectivity index (χ0) is 15.2. The molecule has 1 aromatic rings. The maximum Gasteiger partial charge on any atom is 0.193 e. The Kier molecular flexibility index (Phi) is 4.80. The molecule has 0 atom stereocenters. The molecule has 0 unspecified atom stereocenters. The second-order valence-corrected chi connectivity index (χ2v) is 5.24. The summed E-state index contributed by atoms with van der Waals surface area (Å²) in [5, 5.41) is 3.08. The van der Waals surface area contributed by atoms with Gasteiger partial charge in [0.05, 0.1) is 33.0 Å². The number of hydrogen-bond donors (Lipinski definition) is 2. The Balaban J connectivity index is 1.62. The highest BCUT2D eigenvalue weighted by molar-refractivity contribution is 5.92. The maximum absolute atomic E-state index is 5.93. The van der Waals surface area contributed by atoms with E-state index in [0.717, 1.165) is 42.2 Å². The van der Waals surface area contributed by atoms with E-state index >= 15 is 0 Å². The summed E-state index contributed by atoms with van der Waals surface area (Å²) in [6, 6.07) is 5.67. The van der Waals surface area contributed by atoms with E-state index in [-0.39, 0.29) is 0 Å². The molecule has 6 nitrogen and oxygen atoms in total. The lowest BCUT2D eigenvalue weighted by Gasteiger charge is -2.13. The quantitative estimate of drug-likeness (QED) is 0.507. The van der Waals surface area contributed by atoms with E-state index in [4.69, 9.17) is 19.9 Å². The molecular formula is C16H21N3O3. The Morgan fingerprint density at radius 3 is 2.86 bits per heavy atom. The van der Waals surface area contributed by atoms with Crippen LogP contribution in [-0.4, -0.2) is 38.9 Å². The smallest absolute Gasteiger partial charge is 0.193 e. The predicted molar refractivity (Wildman–Crippen MR) is 85.7 cm³/mol. The van der Waals surface area contributed by atoms with Gasteiger partial charge in [-0.2, -0.15) is 0 Å². The number of nitrogens with zero attached hydrogens (tertiary/aromatic N) is 1. The van der Waals surface area contributed by atoms with E-state index in [0.29, 0.717) is 32.3 Å². The van der Waals surface area contributed by atoms with Gasteiger partial charge in [0.25, 0.3) is 0 Å². The van der Waals surface area contributed by atoms with Crippen LogP contribution < -0.4 is 20.5 Å². The molecule has 0 saturated heterocycles. The highest BCUT2D eigenvalue weighted by Crippen LogP contribution is 2.32. The first kappa shape index (κ1) is 14.7. The minimum atomic E-state index is 0.376. The highest BCUT2D eigenvalue weighted by atomic mass is 16.5. The van der Waals surface area contributed by atoms with Gasteiger partial charge in [-0.1, -0.05) is 6.08 Å².